The van der Waals surface area contributed by atoms with Crippen LogP contribution in [0.3, 0.4) is 0 Å². The number of amides is 1. The van der Waals surface area contributed by atoms with E-state index in [2.05, 4.69) is 41.6 Å². The lowest BCUT2D eigenvalue weighted by Gasteiger charge is -2.41. The van der Waals surface area contributed by atoms with Crippen molar-refractivity contribution in [3.05, 3.63) is 88.6 Å². The van der Waals surface area contributed by atoms with Gasteiger partial charge in [-0.1, -0.05) is 67.1 Å². The number of thiazole rings is 1. The van der Waals surface area contributed by atoms with Crippen molar-refractivity contribution in [2.75, 3.05) is 6.61 Å². The highest BCUT2D eigenvalue weighted by atomic mass is 32.1. The highest BCUT2D eigenvalue weighted by Gasteiger charge is 2.38. The first-order valence-corrected chi connectivity index (χ1v) is 13.0. The van der Waals surface area contributed by atoms with Gasteiger partial charge in [-0.25, -0.2) is 9.67 Å². The molecule has 1 fully saturated rings. The van der Waals surface area contributed by atoms with Gasteiger partial charge >= 0.3 is 0 Å². The summed E-state index contributed by atoms with van der Waals surface area (Å²) in [5, 5.41) is 10.4. The van der Waals surface area contributed by atoms with Crippen LogP contribution in [0, 0.1) is 6.92 Å². The fourth-order valence-corrected chi connectivity index (χ4v) is 5.21. The third kappa shape index (κ3) is 4.97. The number of nitrogens with one attached hydrogen (secondary N) is 1. The summed E-state index contributed by atoms with van der Waals surface area (Å²) in [4.78, 5) is 18.2. The zero-order valence-corrected chi connectivity index (χ0v) is 21.7. The molecule has 36 heavy (non-hydrogen) atoms. The molecule has 1 aliphatic heterocycles. The van der Waals surface area contributed by atoms with Gasteiger partial charge in [0.1, 0.15) is 6.10 Å². The molecule has 1 saturated heterocycles. The topological polar surface area (TPSA) is 78.3 Å². The SMILES string of the molecule is CCc1c(C(=O)NC2COC(C)(C)OC2c2ccccc2)cnn1-c1nc(-c2ccc(C)cc2)cs1. The number of rotatable bonds is 6. The molecule has 0 radical (unpaired) electrons. The number of nitrogens with zero attached hydrogens (tertiary/aromatic N) is 3. The number of carbonyl (C=O) groups is 1. The summed E-state index contributed by atoms with van der Waals surface area (Å²) >= 11 is 1.51. The number of hydrogen-bond donors (Lipinski definition) is 1. The summed E-state index contributed by atoms with van der Waals surface area (Å²) in [7, 11) is 0. The molecular weight excluding hydrogens is 472 g/mol. The Kier molecular flexibility index (Phi) is 6.75. The summed E-state index contributed by atoms with van der Waals surface area (Å²) in [5.41, 5.74) is 5.49. The molecular formula is C28H30N4O3S. The van der Waals surface area contributed by atoms with E-state index in [1.54, 1.807) is 10.9 Å². The Morgan fingerprint density at radius 3 is 2.64 bits per heavy atom. The first-order valence-electron chi connectivity index (χ1n) is 12.1. The quantitative estimate of drug-likeness (QED) is 0.377. The third-order valence-corrected chi connectivity index (χ3v) is 7.12. The van der Waals surface area contributed by atoms with Gasteiger partial charge in [-0.3, -0.25) is 4.79 Å². The standard InChI is InChI=1S/C28H30N4O3S/c1-5-24-21(15-29-32(24)27-31-23(17-36-27)19-13-11-18(2)12-14-19)26(33)30-22-16-34-28(3,4)35-25(22)20-9-7-6-8-10-20/h6-15,17,22,25H,5,16H2,1-4H3,(H,30,33). The number of aromatic nitrogens is 3. The largest absolute Gasteiger partial charge is 0.348 e. The maximum atomic E-state index is 13.4. The van der Waals surface area contributed by atoms with Crippen molar-refractivity contribution >= 4 is 17.2 Å². The molecule has 1 amide bonds. The Balaban J connectivity index is 1.38. The Labute approximate surface area is 215 Å². The lowest BCUT2D eigenvalue weighted by molar-refractivity contribution is -0.284. The molecule has 5 rings (SSSR count). The molecule has 1 aliphatic rings. The van der Waals surface area contributed by atoms with E-state index in [1.165, 1.54) is 16.9 Å². The van der Waals surface area contributed by atoms with Crippen LogP contribution < -0.4 is 5.32 Å². The normalized spacial score (nSPS) is 19.2. The zero-order valence-electron chi connectivity index (χ0n) is 20.9. The molecule has 3 heterocycles. The molecule has 0 aliphatic carbocycles. The van der Waals surface area contributed by atoms with Crippen LogP contribution in [0.4, 0.5) is 0 Å². The van der Waals surface area contributed by atoms with Crippen LogP contribution in [-0.4, -0.2) is 39.1 Å². The second-order valence-electron chi connectivity index (χ2n) is 9.39. The minimum atomic E-state index is -0.735. The van der Waals surface area contributed by atoms with Crippen molar-refractivity contribution in [1.29, 1.82) is 0 Å². The Morgan fingerprint density at radius 2 is 1.92 bits per heavy atom. The second-order valence-corrected chi connectivity index (χ2v) is 10.2. The van der Waals surface area contributed by atoms with Gasteiger partial charge in [0.25, 0.3) is 5.91 Å². The van der Waals surface area contributed by atoms with Gasteiger partial charge in [-0.15, -0.1) is 11.3 Å². The van der Waals surface area contributed by atoms with Gasteiger partial charge in [0.2, 0.25) is 5.13 Å². The van der Waals surface area contributed by atoms with E-state index < -0.39 is 5.79 Å². The van der Waals surface area contributed by atoms with Crippen LogP contribution in [0.2, 0.25) is 0 Å². The first kappa shape index (κ1) is 24.4. The third-order valence-electron chi connectivity index (χ3n) is 6.30. The molecule has 0 saturated carbocycles. The van der Waals surface area contributed by atoms with Crippen LogP contribution in [0.15, 0.2) is 66.2 Å². The number of aryl methyl sites for hydroxylation is 1. The van der Waals surface area contributed by atoms with Crippen LogP contribution in [0.25, 0.3) is 16.4 Å². The van der Waals surface area contributed by atoms with Crippen LogP contribution in [0.1, 0.15) is 54.1 Å². The predicted octanol–water partition coefficient (Wildman–Crippen LogP) is 5.49. The number of benzene rings is 2. The molecule has 186 valence electrons. The molecule has 2 unspecified atom stereocenters. The maximum Gasteiger partial charge on any atom is 0.255 e. The molecule has 4 aromatic rings. The maximum absolute atomic E-state index is 13.4. The number of hydrogen-bond acceptors (Lipinski definition) is 6. The minimum Gasteiger partial charge on any atom is -0.348 e. The fourth-order valence-electron chi connectivity index (χ4n) is 4.39. The van der Waals surface area contributed by atoms with Gasteiger partial charge in [0.15, 0.2) is 5.79 Å². The average Bonchev–Trinajstić information content (AvgIpc) is 3.53. The zero-order chi connectivity index (χ0) is 25.3. The van der Waals surface area contributed by atoms with E-state index in [9.17, 15) is 4.79 Å². The summed E-state index contributed by atoms with van der Waals surface area (Å²) < 4.78 is 13.9. The van der Waals surface area contributed by atoms with Gasteiger partial charge in [-0.2, -0.15) is 5.10 Å². The van der Waals surface area contributed by atoms with Gasteiger partial charge in [0, 0.05) is 10.9 Å². The fraction of sp³-hybridized carbons (Fsp3) is 0.321. The molecule has 8 heteroatoms. The van der Waals surface area contributed by atoms with Crippen molar-refractivity contribution in [3.8, 4) is 16.4 Å². The lowest BCUT2D eigenvalue weighted by Crippen LogP contribution is -2.52. The molecule has 1 N–H and O–H groups in total. The Bertz CT molecular complexity index is 1340. The molecule has 2 aromatic carbocycles. The summed E-state index contributed by atoms with van der Waals surface area (Å²) in [6.07, 6.45) is 1.93. The van der Waals surface area contributed by atoms with E-state index in [1.807, 2.05) is 56.5 Å². The average molecular weight is 503 g/mol. The monoisotopic (exact) mass is 502 g/mol. The van der Waals surface area contributed by atoms with Crippen molar-refractivity contribution in [1.82, 2.24) is 20.1 Å². The van der Waals surface area contributed by atoms with E-state index in [4.69, 9.17) is 14.5 Å². The van der Waals surface area contributed by atoms with E-state index in [-0.39, 0.29) is 18.1 Å². The highest BCUT2D eigenvalue weighted by Crippen LogP contribution is 2.33. The van der Waals surface area contributed by atoms with E-state index in [0.717, 1.165) is 27.6 Å². The van der Waals surface area contributed by atoms with Gasteiger partial charge in [-0.05, 0) is 32.8 Å². The highest BCUT2D eigenvalue weighted by molar-refractivity contribution is 7.12. The van der Waals surface area contributed by atoms with E-state index in [0.29, 0.717) is 18.6 Å². The molecule has 2 atom stereocenters. The minimum absolute atomic E-state index is 0.203. The summed E-state index contributed by atoms with van der Waals surface area (Å²) in [5.74, 6) is -0.937. The predicted molar refractivity (Wildman–Crippen MR) is 140 cm³/mol. The lowest BCUT2D eigenvalue weighted by atomic mass is 10.00. The van der Waals surface area contributed by atoms with Crippen LogP contribution in [0.5, 0.6) is 0 Å². The van der Waals surface area contributed by atoms with E-state index >= 15 is 0 Å². The van der Waals surface area contributed by atoms with Crippen molar-refractivity contribution < 1.29 is 14.3 Å². The van der Waals surface area contributed by atoms with Crippen LogP contribution >= 0.6 is 11.3 Å². The number of ether oxygens (including phenoxy) is 2. The van der Waals surface area contributed by atoms with Crippen LogP contribution in [-0.2, 0) is 15.9 Å². The van der Waals surface area contributed by atoms with Gasteiger partial charge in [0.05, 0.1) is 35.8 Å². The number of carbonyl (C=O) groups excluding carboxylic acids is 1. The Morgan fingerprint density at radius 1 is 1.17 bits per heavy atom. The molecule has 0 bridgehead atoms. The van der Waals surface area contributed by atoms with Crippen molar-refractivity contribution in [2.45, 2.75) is 52.0 Å². The summed E-state index contributed by atoms with van der Waals surface area (Å²) in [6, 6.07) is 17.9. The first-order chi connectivity index (χ1) is 17.3. The smallest absolute Gasteiger partial charge is 0.255 e. The summed E-state index contributed by atoms with van der Waals surface area (Å²) in [6.45, 7) is 8.20. The Hall–Kier alpha value is -3.33. The molecule has 7 nitrogen and oxygen atoms in total. The van der Waals surface area contributed by atoms with Crippen molar-refractivity contribution in [2.24, 2.45) is 0 Å². The van der Waals surface area contributed by atoms with Gasteiger partial charge < -0.3 is 14.8 Å². The van der Waals surface area contributed by atoms with Crippen molar-refractivity contribution in [3.63, 3.8) is 0 Å². The molecule has 2 aromatic heterocycles. The molecule has 0 spiro atoms. The second kappa shape index (κ2) is 9.97.